The molecular formula is C46H85N3O2. The lowest BCUT2D eigenvalue weighted by Crippen LogP contribution is -2.54. The zero-order valence-corrected chi connectivity index (χ0v) is 34.6. The molecule has 0 radical (unpaired) electrons. The van der Waals surface area contributed by atoms with E-state index in [2.05, 4.69) is 62.2 Å². The van der Waals surface area contributed by atoms with Crippen molar-refractivity contribution in [3.63, 3.8) is 0 Å². The number of aliphatic imine (C=N–C) groups is 1. The van der Waals surface area contributed by atoms with Gasteiger partial charge in [0.2, 0.25) is 0 Å². The second-order valence-corrected chi connectivity index (χ2v) is 15.5. The Morgan fingerprint density at radius 3 is 1.39 bits per heavy atom. The number of amidine groups is 1. The number of carbonyl (C=O) groups is 2. The first-order chi connectivity index (χ1) is 25.0. The molecule has 5 heteroatoms. The van der Waals surface area contributed by atoms with E-state index in [1.807, 2.05) is 0 Å². The number of ketones is 2. The highest BCUT2D eigenvalue weighted by Gasteiger charge is 2.45. The summed E-state index contributed by atoms with van der Waals surface area (Å²) in [4.78, 5) is 34.2. The summed E-state index contributed by atoms with van der Waals surface area (Å²) in [6.07, 6.45) is 46.3. The van der Waals surface area contributed by atoms with E-state index in [-0.39, 0.29) is 11.6 Å². The molecule has 0 aromatic rings. The maximum atomic E-state index is 13.8. The molecule has 1 atom stereocenters. The zero-order chi connectivity index (χ0) is 37.1. The van der Waals surface area contributed by atoms with Crippen molar-refractivity contribution >= 4 is 17.4 Å². The van der Waals surface area contributed by atoms with E-state index in [9.17, 15) is 9.59 Å². The molecule has 1 aliphatic rings. The van der Waals surface area contributed by atoms with Crippen molar-refractivity contribution < 1.29 is 9.59 Å². The quantitative estimate of drug-likeness (QED) is 0.0511. The Labute approximate surface area is 317 Å². The summed E-state index contributed by atoms with van der Waals surface area (Å²) in [5.41, 5.74) is -0.960. The molecule has 0 aliphatic carbocycles. The topological polar surface area (TPSA) is 61.8 Å². The van der Waals surface area contributed by atoms with E-state index in [1.54, 1.807) is 0 Å². The van der Waals surface area contributed by atoms with Crippen molar-refractivity contribution in [2.75, 3.05) is 19.6 Å². The van der Waals surface area contributed by atoms with Gasteiger partial charge in [0.15, 0.2) is 23.1 Å². The van der Waals surface area contributed by atoms with Crippen LogP contribution in [0.2, 0.25) is 0 Å². The average Bonchev–Trinajstić information content (AvgIpc) is 3.53. The lowest BCUT2D eigenvalue weighted by molar-refractivity contribution is -0.125. The van der Waals surface area contributed by atoms with Crippen LogP contribution < -0.4 is 5.32 Å². The van der Waals surface area contributed by atoms with Crippen molar-refractivity contribution in [3.8, 4) is 0 Å². The molecule has 296 valence electrons. The Morgan fingerprint density at radius 2 is 0.941 bits per heavy atom. The molecule has 1 unspecified atom stereocenters. The average molecular weight is 712 g/mol. The third-order valence-electron chi connectivity index (χ3n) is 10.6. The zero-order valence-electron chi connectivity index (χ0n) is 34.6. The first kappa shape index (κ1) is 47.3. The Balaban J connectivity index is 2.40. The van der Waals surface area contributed by atoms with Crippen LogP contribution in [0.1, 0.15) is 227 Å². The van der Waals surface area contributed by atoms with Gasteiger partial charge in [0, 0.05) is 19.4 Å². The number of nitrogens with one attached hydrogen (secondary N) is 1. The summed E-state index contributed by atoms with van der Waals surface area (Å²) in [5.74, 6) is 0.813. The van der Waals surface area contributed by atoms with E-state index >= 15 is 0 Å². The molecule has 0 aromatic heterocycles. The van der Waals surface area contributed by atoms with Gasteiger partial charge in [0.25, 0.3) is 0 Å². The number of rotatable bonds is 38. The molecule has 0 saturated heterocycles. The molecular weight excluding hydrogens is 627 g/mol. The van der Waals surface area contributed by atoms with Gasteiger partial charge in [-0.15, -0.1) is 0 Å². The molecule has 0 bridgehead atoms. The summed E-state index contributed by atoms with van der Waals surface area (Å²) >= 11 is 0. The van der Waals surface area contributed by atoms with Gasteiger partial charge in [0.05, 0.1) is 6.54 Å². The summed E-state index contributed by atoms with van der Waals surface area (Å²) in [7, 11) is 0. The van der Waals surface area contributed by atoms with Gasteiger partial charge in [-0.25, -0.2) is 4.99 Å². The molecule has 0 aromatic carbocycles. The van der Waals surface area contributed by atoms with Crippen LogP contribution in [-0.4, -0.2) is 47.6 Å². The molecule has 0 spiro atoms. The normalized spacial score (nSPS) is 16.2. The Hall–Kier alpha value is -1.75. The van der Waals surface area contributed by atoms with Crippen LogP contribution in [-0.2, 0) is 9.59 Å². The van der Waals surface area contributed by atoms with Crippen molar-refractivity contribution in [2.24, 2.45) is 4.99 Å². The number of hydrogen-bond donors (Lipinski definition) is 1. The third-order valence-corrected chi connectivity index (χ3v) is 10.6. The van der Waals surface area contributed by atoms with Gasteiger partial charge in [-0.3, -0.25) is 14.9 Å². The molecule has 1 heterocycles. The van der Waals surface area contributed by atoms with Gasteiger partial charge in [0.1, 0.15) is 0 Å². The third kappa shape index (κ3) is 24.2. The monoisotopic (exact) mass is 712 g/mol. The smallest absolute Gasteiger partial charge is 0.197 e. The number of likely N-dealkylation sites (N-methyl/N-ethyl adjacent to an activating group) is 1. The van der Waals surface area contributed by atoms with E-state index < -0.39 is 5.66 Å². The second-order valence-electron chi connectivity index (χ2n) is 15.5. The number of hydrogen-bond acceptors (Lipinski definition) is 5. The predicted octanol–water partition coefficient (Wildman–Crippen LogP) is 13.4. The highest BCUT2D eigenvalue weighted by Crippen LogP contribution is 2.25. The fourth-order valence-electron chi connectivity index (χ4n) is 7.18. The van der Waals surface area contributed by atoms with Crippen molar-refractivity contribution in [2.45, 2.75) is 232 Å². The molecule has 51 heavy (non-hydrogen) atoms. The number of unbranched alkanes of at least 4 members (excludes halogenated alkanes) is 24. The summed E-state index contributed by atoms with van der Waals surface area (Å²) in [6, 6.07) is 0. The Morgan fingerprint density at radius 1 is 0.549 bits per heavy atom. The maximum absolute atomic E-state index is 13.8. The van der Waals surface area contributed by atoms with Gasteiger partial charge < -0.3 is 4.90 Å². The van der Waals surface area contributed by atoms with Gasteiger partial charge in [-0.05, 0) is 84.1 Å². The molecule has 1 N–H and O–H groups in total. The van der Waals surface area contributed by atoms with E-state index in [4.69, 9.17) is 4.99 Å². The number of allylic oxidation sites excluding steroid dienone is 4. The first-order valence-corrected chi connectivity index (χ1v) is 22.5. The van der Waals surface area contributed by atoms with Crippen LogP contribution in [0.15, 0.2) is 29.3 Å². The fourth-order valence-corrected chi connectivity index (χ4v) is 7.18. The summed E-state index contributed by atoms with van der Waals surface area (Å²) in [5, 5.41) is 3.56. The highest BCUT2D eigenvalue weighted by atomic mass is 16.1. The van der Waals surface area contributed by atoms with E-state index in [0.717, 1.165) is 51.5 Å². The second kappa shape index (κ2) is 34.0. The van der Waals surface area contributed by atoms with Crippen LogP contribution in [0.4, 0.5) is 0 Å². The maximum Gasteiger partial charge on any atom is 0.197 e. The minimum atomic E-state index is -0.960. The number of carbonyl (C=O) groups excluding carboxylic acids is 2. The van der Waals surface area contributed by atoms with E-state index in [1.165, 1.54) is 141 Å². The lowest BCUT2D eigenvalue weighted by Gasteiger charge is -2.28. The minimum Gasteiger partial charge on any atom is -0.350 e. The van der Waals surface area contributed by atoms with Crippen molar-refractivity contribution in [1.29, 1.82) is 0 Å². The molecule has 0 amide bonds. The van der Waals surface area contributed by atoms with Crippen LogP contribution in [0.25, 0.3) is 0 Å². The molecule has 1 aliphatic heterocycles. The fraction of sp³-hybridized carbons (Fsp3) is 0.848. The molecule has 5 nitrogen and oxygen atoms in total. The summed E-state index contributed by atoms with van der Waals surface area (Å²) in [6.45, 7) is 10.8. The van der Waals surface area contributed by atoms with E-state index in [0.29, 0.717) is 31.8 Å². The van der Waals surface area contributed by atoms with Gasteiger partial charge in [-0.2, -0.15) is 0 Å². The SMILES string of the molecule is CCCCCCCC/C=C\CCCCCCCC(=O)C1=NC(NCCCCC)(C(=O)CCCCCCC/C=C\CCCCCCCC)CN1CC. The van der Waals surface area contributed by atoms with Gasteiger partial charge >= 0.3 is 0 Å². The highest BCUT2D eigenvalue weighted by molar-refractivity contribution is 6.39. The molecule has 1 rings (SSSR count). The first-order valence-electron chi connectivity index (χ1n) is 22.5. The van der Waals surface area contributed by atoms with Crippen molar-refractivity contribution in [1.82, 2.24) is 10.2 Å². The minimum absolute atomic E-state index is 0.112. The van der Waals surface area contributed by atoms with Crippen LogP contribution in [0, 0.1) is 0 Å². The number of Topliss-reactive ketones (excluding diaryl/α,β-unsaturated/α-hetero) is 2. The standard InChI is InChI=1S/C46H85N3O2/c1-5-9-12-14-16-18-20-22-24-26-28-30-32-34-36-39-43(50)45-48-46(42-49(45)8-4,47-41-38-11-7-3)44(51)40-37-35-33-31-29-27-25-23-21-19-17-15-13-10-6-2/h22-25,47H,5-21,26-42H2,1-4H3/b24-22-,25-23-. The Bertz CT molecular complexity index is 925. The van der Waals surface area contributed by atoms with Crippen LogP contribution in [0.3, 0.4) is 0 Å². The molecule has 0 saturated carbocycles. The summed E-state index contributed by atoms with van der Waals surface area (Å²) < 4.78 is 0. The number of nitrogens with zero attached hydrogens (tertiary/aromatic N) is 2. The Kier molecular flexibility index (Phi) is 31.6. The largest absolute Gasteiger partial charge is 0.350 e. The van der Waals surface area contributed by atoms with Crippen LogP contribution in [0.5, 0.6) is 0 Å². The predicted molar refractivity (Wildman–Crippen MR) is 224 cm³/mol. The van der Waals surface area contributed by atoms with Crippen molar-refractivity contribution in [3.05, 3.63) is 24.3 Å². The molecule has 0 fully saturated rings. The van der Waals surface area contributed by atoms with Crippen LogP contribution >= 0.6 is 0 Å². The van der Waals surface area contributed by atoms with Gasteiger partial charge in [-0.1, -0.05) is 161 Å². The lowest BCUT2D eigenvalue weighted by atomic mass is 9.98.